The van der Waals surface area contributed by atoms with Crippen LogP contribution in [0.15, 0.2) is 35.3 Å². The number of benzene rings is 1. The molecule has 1 heterocycles. The van der Waals surface area contributed by atoms with Gasteiger partial charge in [-0.05, 0) is 44.4 Å². The first-order valence-corrected chi connectivity index (χ1v) is 10.3. The van der Waals surface area contributed by atoms with E-state index in [9.17, 15) is 5.11 Å². The molecular formula is C22H36N4O3. The number of methoxy groups -OCH3 is 2. The molecule has 1 unspecified atom stereocenters. The van der Waals surface area contributed by atoms with Crippen LogP contribution in [0.5, 0.6) is 11.5 Å². The summed E-state index contributed by atoms with van der Waals surface area (Å²) in [6.45, 7) is 12.2. The highest BCUT2D eigenvalue weighted by Gasteiger charge is 2.20. The summed E-state index contributed by atoms with van der Waals surface area (Å²) in [5.74, 6) is 2.03. The Morgan fingerprint density at radius 1 is 1.24 bits per heavy atom. The Hall–Kier alpha value is -2.25. The number of ether oxygens (including phenoxy) is 2. The molecule has 1 aliphatic heterocycles. The van der Waals surface area contributed by atoms with Crippen molar-refractivity contribution in [1.29, 1.82) is 0 Å². The molecular weight excluding hydrogens is 368 g/mol. The number of guanidine groups is 1. The van der Waals surface area contributed by atoms with Crippen LogP contribution < -0.4 is 20.1 Å². The number of hydrogen-bond acceptors (Lipinski definition) is 5. The second-order valence-electron chi connectivity index (χ2n) is 7.53. The van der Waals surface area contributed by atoms with Crippen molar-refractivity contribution >= 4 is 5.96 Å². The van der Waals surface area contributed by atoms with Gasteiger partial charge in [-0.2, -0.15) is 0 Å². The summed E-state index contributed by atoms with van der Waals surface area (Å²) in [5, 5.41) is 17.4. The average Bonchev–Trinajstić information content (AvgIpc) is 2.72. The van der Waals surface area contributed by atoms with Gasteiger partial charge in [-0.15, -0.1) is 0 Å². The highest BCUT2D eigenvalue weighted by Crippen LogP contribution is 2.26. The number of nitrogens with one attached hydrogen (secondary N) is 2. The van der Waals surface area contributed by atoms with Crippen LogP contribution in [0.3, 0.4) is 0 Å². The molecule has 162 valence electrons. The first-order valence-electron chi connectivity index (χ1n) is 10.3. The standard InChI is InChI=1S/C22H36N4O3/c1-6-23-22(25-18-7-9-26(10-8-18)15-16(2)3)24-14-21(27)17-11-19(28-4)13-20(12-17)29-5/h11-13,18,21,27H,2,6-10,14-15H2,1,3-5H3,(H2,23,24,25). The number of rotatable bonds is 9. The summed E-state index contributed by atoms with van der Waals surface area (Å²) >= 11 is 0. The Bertz CT molecular complexity index is 662. The first kappa shape index (κ1) is 23.0. The quantitative estimate of drug-likeness (QED) is 0.333. The molecule has 7 heteroatoms. The van der Waals surface area contributed by atoms with E-state index in [1.165, 1.54) is 5.57 Å². The summed E-state index contributed by atoms with van der Waals surface area (Å²) in [4.78, 5) is 7.03. The SMILES string of the molecule is C=C(C)CN1CCC(NC(=NCC(O)c2cc(OC)cc(OC)c2)NCC)CC1. The summed E-state index contributed by atoms with van der Waals surface area (Å²) in [5.41, 5.74) is 1.92. The third-order valence-corrected chi connectivity index (χ3v) is 4.95. The molecule has 0 amide bonds. The molecule has 1 aliphatic rings. The van der Waals surface area contributed by atoms with Gasteiger partial charge in [0, 0.05) is 38.3 Å². The zero-order valence-electron chi connectivity index (χ0n) is 18.2. The molecule has 3 N–H and O–H groups in total. The van der Waals surface area contributed by atoms with E-state index in [1.54, 1.807) is 32.4 Å². The smallest absolute Gasteiger partial charge is 0.191 e. The van der Waals surface area contributed by atoms with Crippen molar-refractivity contribution in [1.82, 2.24) is 15.5 Å². The van der Waals surface area contributed by atoms with Crippen molar-refractivity contribution < 1.29 is 14.6 Å². The normalized spacial score (nSPS) is 16.9. The number of nitrogens with zero attached hydrogens (tertiary/aromatic N) is 2. The van der Waals surface area contributed by atoms with Crippen LogP contribution in [-0.2, 0) is 0 Å². The van der Waals surface area contributed by atoms with Crippen LogP contribution in [-0.4, -0.2) is 69.0 Å². The minimum absolute atomic E-state index is 0.250. The van der Waals surface area contributed by atoms with Gasteiger partial charge in [0.2, 0.25) is 0 Å². The van der Waals surface area contributed by atoms with Crippen LogP contribution in [0.25, 0.3) is 0 Å². The molecule has 1 aromatic rings. The molecule has 0 spiro atoms. The number of hydrogen-bond donors (Lipinski definition) is 3. The van der Waals surface area contributed by atoms with Crippen LogP contribution >= 0.6 is 0 Å². The third kappa shape index (κ3) is 7.59. The molecule has 1 fully saturated rings. The van der Waals surface area contributed by atoms with E-state index >= 15 is 0 Å². The molecule has 0 saturated carbocycles. The number of aliphatic hydroxyl groups excluding tert-OH is 1. The Labute approximate surface area is 174 Å². The molecule has 1 atom stereocenters. The van der Waals surface area contributed by atoms with Gasteiger partial charge >= 0.3 is 0 Å². The molecule has 0 radical (unpaired) electrons. The van der Waals surface area contributed by atoms with E-state index in [0.29, 0.717) is 23.1 Å². The molecule has 29 heavy (non-hydrogen) atoms. The second-order valence-corrected chi connectivity index (χ2v) is 7.53. The minimum Gasteiger partial charge on any atom is -0.497 e. The predicted molar refractivity (Wildman–Crippen MR) is 118 cm³/mol. The largest absolute Gasteiger partial charge is 0.497 e. The molecule has 7 nitrogen and oxygen atoms in total. The van der Waals surface area contributed by atoms with E-state index in [4.69, 9.17) is 9.47 Å². The molecule has 0 aliphatic carbocycles. The summed E-state index contributed by atoms with van der Waals surface area (Å²) in [7, 11) is 3.19. The van der Waals surface area contributed by atoms with Crippen molar-refractivity contribution in [2.75, 3.05) is 46.9 Å². The number of aliphatic hydroxyl groups is 1. The van der Waals surface area contributed by atoms with E-state index in [0.717, 1.165) is 45.0 Å². The van der Waals surface area contributed by atoms with Crippen LogP contribution in [0.1, 0.15) is 38.4 Å². The topological polar surface area (TPSA) is 78.4 Å². The van der Waals surface area contributed by atoms with E-state index < -0.39 is 6.10 Å². The average molecular weight is 405 g/mol. The van der Waals surface area contributed by atoms with Gasteiger partial charge in [-0.1, -0.05) is 12.2 Å². The maximum absolute atomic E-state index is 10.6. The summed E-state index contributed by atoms with van der Waals surface area (Å²) in [6, 6.07) is 5.77. The molecule has 1 aromatic carbocycles. The monoisotopic (exact) mass is 404 g/mol. The van der Waals surface area contributed by atoms with Crippen molar-refractivity contribution in [2.45, 2.75) is 38.8 Å². The number of aliphatic imine (C=N–C) groups is 1. The number of piperidine rings is 1. The van der Waals surface area contributed by atoms with E-state index in [-0.39, 0.29) is 6.54 Å². The van der Waals surface area contributed by atoms with Gasteiger partial charge < -0.3 is 25.2 Å². The maximum Gasteiger partial charge on any atom is 0.191 e. The van der Waals surface area contributed by atoms with Crippen molar-refractivity contribution in [3.8, 4) is 11.5 Å². The lowest BCUT2D eigenvalue weighted by molar-refractivity contribution is 0.186. The first-order chi connectivity index (χ1) is 13.9. The van der Waals surface area contributed by atoms with Crippen LogP contribution in [0, 0.1) is 0 Å². The number of likely N-dealkylation sites (tertiary alicyclic amines) is 1. The Morgan fingerprint density at radius 2 is 1.86 bits per heavy atom. The van der Waals surface area contributed by atoms with Gasteiger partial charge in [0.25, 0.3) is 0 Å². The fraction of sp³-hybridized carbons (Fsp3) is 0.591. The highest BCUT2D eigenvalue weighted by atomic mass is 16.5. The predicted octanol–water partition coefficient (Wildman–Crippen LogP) is 2.33. The summed E-state index contributed by atoms with van der Waals surface area (Å²) in [6.07, 6.45) is 1.38. The molecule has 0 aromatic heterocycles. The Balaban J connectivity index is 1.96. The van der Waals surface area contributed by atoms with Gasteiger partial charge in [0.1, 0.15) is 11.5 Å². The second kappa shape index (κ2) is 11.7. The lowest BCUT2D eigenvalue weighted by Gasteiger charge is -2.33. The zero-order valence-corrected chi connectivity index (χ0v) is 18.2. The van der Waals surface area contributed by atoms with Crippen molar-refractivity contribution in [3.05, 3.63) is 35.9 Å². The molecule has 0 bridgehead atoms. The summed E-state index contributed by atoms with van der Waals surface area (Å²) < 4.78 is 10.6. The third-order valence-electron chi connectivity index (χ3n) is 4.95. The maximum atomic E-state index is 10.6. The van der Waals surface area contributed by atoms with E-state index in [1.807, 2.05) is 6.92 Å². The fourth-order valence-corrected chi connectivity index (χ4v) is 3.44. The van der Waals surface area contributed by atoms with Gasteiger partial charge in [0.05, 0.1) is 26.9 Å². The van der Waals surface area contributed by atoms with Crippen LogP contribution in [0.4, 0.5) is 0 Å². The Kier molecular flexibility index (Phi) is 9.28. The molecule has 2 rings (SSSR count). The Morgan fingerprint density at radius 3 is 2.38 bits per heavy atom. The highest BCUT2D eigenvalue weighted by molar-refractivity contribution is 5.80. The van der Waals surface area contributed by atoms with Gasteiger partial charge in [-0.3, -0.25) is 9.89 Å². The minimum atomic E-state index is -0.744. The lowest BCUT2D eigenvalue weighted by atomic mass is 10.0. The lowest BCUT2D eigenvalue weighted by Crippen LogP contribution is -2.49. The van der Waals surface area contributed by atoms with Gasteiger partial charge in [-0.25, -0.2) is 0 Å². The van der Waals surface area contributed by atoms with E-state index in [2.05, 4.69) is 34.0 Å². The van der Waals surface area contributed by atoms with Crippen LogP contribution in [0.2, 0.25) is 0 Å². The van der Waals surface area contributed by atoms with Gasteiger partial charge in [0.15, 0.2) is 5.96 Å². The molecule has 1 saturated heterocycles. The zero-order chi connectivity index (χ0) is 21.2. The van der Waals surface area contributed by atoms with Crippen molar-refractivity contribution in [3.63, 3.8) is 0 Å². The fourth-order valence-electron chi connectivity index (χ4n) is 3.44. The van der Waals surface area contributed by atoms with Crippen molar-refractivity contribution in [2.24, 2.45) is 4.99 Å².